The first kappa shape index (κ1) is 21.2. The zero-order valence-electron chi connectivity index (χ0n) is 16.7. The summed E-state index contributed by atoms with van der Waals surface area (Å²) in [5.41, 5.74) is 2.16. The zero-order valence-corrected chi connectivity index (χ0v) is 19.1. The number of carbonyl (C=O) groups excluding carboxylic acids is 1. The van der Waals surface area contributed by atoms with Crippen molar-refractivity contribution in [3.8, 4) is 0 Å². The van der Waals surface area contributed by atoms with Gasteiger partial charge in [-0.15, -0.1) is 11.3 Å². The molecule has 2 aliphatic rings. The molecule has 1 saturated heterocycles. The van der Waals surface area contributed by atoms with E-state index in [0.29, 0.717) is 31.6 Å². The second-order valence-electron chi connectivity index (χ2n) is 7.53. The van der Waals surface area contributed by atoms with Gasteiger partial charge in [0.2, 0.25) is 5.91 Å². The summed E-state index contributed by atoms with van der Waals surface area (Å²) in [5.74, 6) is -0.527. The molecule has 1 fully saturated rings. The number of halogens is 2. The van der Waals surface area contributed by atoms with Crippen molar-refractivity contribution in [2.45, 2.75) is 23.8 Å². The van der Waals surface area contributed by atoms with Crippen LogP contribution in [0, 0.1) is 5.82 Å². The Morgan fingerprint density at radius 1 is 1.19 bits per heavy atom. The summed E-state index contributed by atoms with van der Waals surface area (Å²) in [6, 6.07) is 8.83. The predicted molar refractivity (Wildman–Crippen MR) is 127 cm³/mol. The van der Waals surface area contributed by atoms with E-state index in [9.17, 15) is 17.6 Å². The molecule has 2 aromatic carbocycles. The third-order valence-electron chi connectivity index (χ3n) is 5.75. The van der Waals surface area contributed by atoms with Gasteiger partial charge in [-0.2, -0.15) is 0 Å². The molecule has 2 aliphatic heterocycles. The second-order valence-corrected chi connectivity index (χ2v) is 10.5. The van der Waals surface area contributed by atoms with E-state index in [1.54, 1.807) is 28.5 Å². The smallest absolute Gasteiger partial charge is 0.263 e. The highest BCUT2D eigenvalue weighted by Crippen LogP contribution is 2.38. The average Bonchev–Trinajstić information content (AvgIpc) is 3.51. The monoisotopic (exact) mass is 496 g/mol. The molecule has 0 radical (unpaired) electrons. The number of nitrogens with zero attached hydrogens (tertiary/aromatic N) is 3. The van der Waals surface area contributed by atoms with Gasteiger partial charge in [-0.05, 0) is 54.8 Å². The van der Waals surface area contributed by atoms with Crippen molar-refractivity contribution in [2.24, 2.45) is 0 Å². The van der Waals surface area contributed by atoms with E-state index >= 15 is 0 Å². The number of carbonyl (C=O) groups is 1. The molecule has 1 amide bonds. The number of aromatic nitrogens is 1. The van der Waals surface area contributed by atoms with Crippen LogP contribution < -0.4 is 14.5 Å². The number of amides is 1. The van der Waals surface area contributed by atoms with Gasteiger partial charge >= 0.3 is 0 Å². The van der Waals surface area contributed by atoms with Crippen molar-refractivity contribution < 1.29 is 20.5 Å². The molecule has 0 aliphatic carbocycles. The van der Waals surface area contributed by atoms with E-state index in [1.807, 2.05) is 4.90 Å². The fourth-order valence-electron chi connectivity index (χ4n) is 4.23. The number of fused-ring (bicyclic) bond motifs is 1. The van der Waals surface area contributed by atoms with Crippen molar-refractivity contribution in [1.29, 1.82) is 0 Å². The number of anilines is 3. The molecular formula is C21H22ClFN4O3S2. The molecule has 1 N–H and O–H groups in total. The maximum Gasteiger partial charge on any atom is 0.263 e. The Hall–Kier alpha value is -2.69. The number of hydrogen-bond donors (Lipinski definition) is 1. The molecular weight excluding hydrogens is 475 g/mol. The fraction of sp³-hybridized carbons (Fsp3) is 0.238. The molecule has 1 atom stereocenters. The Morgan fingerprint density at radius 2 is 1.97 bits per heavy atom. The summed E-state index contributed by atoms with van der Waals surface area (Å²) in [5, 5.41) is 2.09. The number of sulfonamides is 1. The first-order valence-electron chi connectivity index (χ1n) is 9.92. The molecule has 0 unspecified atom stereocenters. The van der Waals surface area contributed by atoms with Crippen LogP contribution in [0.1, 0.15) is 14.8 Å². The molecule has 11 heteroatoms. The third-order valence-corrected chi connectivity index (χ3v) is 8.33. The lowest BCUT2D eigenvalue weighted by molar-refractivity contribution is -0.118. The number of nitrogens with one attached hydrogen (secondary N) is 1. The maximum atomic E-state index is 13.8. The highest BCUT2D eigenvalue weighted by atomic mass is 35.5. The first-order chi connectivity index (χ1) is 15.3. The number of hydrogen-bond acceptors (Lipinski definition) is 6. The SMILES string of the molecule is O=C1[C@@H](N2CCc3c2ccc(F)c3Cl)CCN1c1ccc(S(=O)(=O)Nc2nccs2)cc1.[HH].[HH]. The van der Waals surface area contributed by atoms with Crippen molar-refractivity contribution in [3.63, 3.8) is 0 Å². The Kier molecular flexibility index (Phi) is 5.31. The van der Waals surface area contributed by atoms with Crippen molar-refractivity contribution in [2.75, 3.05) is 27.6 Å². The van der Waals surface area contributed by atoms with E-state index < -0.39 is 15.8 Å². The minimum atomic E-state index is -3.76. The van der Waals surface area contributed by atoms with Gasteiger partial charge in [-0.25, -0.2) is 17.8 Å². The van der Waals surface area contributed by atoms with Crippen LogP contribution in [-0.2, 0) is 21.2 Å². The van der Waals surface area contributed by atoms with Crippen LogP contribution in [0.15, 0.2) is 52.9 Å². The van der Waals surface area contributed by atoms with Crippen LogP contribution in [0.2, 0.25) is 5.02 Å². The lowest BCUT2D eigenvalue weighted by Gasteiger charge is -2.26. The predicted octanol–water partition coefficient (Wildman–Crippen LogP) is 4.40. The van der Waals surface area contributed by atoms with E-state index in [4.69, 9.17) is 11.6 Å². The van der Waals surface area contributed by atoms with Crippen LogP contribution in [0.25, 0.3) is 0 Å². The highest BCUT2D eigenvalue weighted by molar-refractivity contribution is 7.93. The van der Waals surface area contributed by atoms with Crippen LogP contribution >= 0.6 is 22.9 Å². The van der Waals surface area contributed by atoms with Gasteiger partial charge in [0.05, 0.1) is 9.92 Å². The van der Waals surface area contributed by atoms with Crippen molar-refractivity contribution in [3.05, 3.63) is 64.4 Å². The minimum Gasteiger partial charge on any atom is -0.359 e. The van der Waals surface area contributed by atoms with Gasteiger partial charge in [-0.1, -0.05) is 11.6 Å². The molecule has 0 spiro atoms. The lowest BCUT2D eigenvalue weighted by atomic mass is 10.1. The summed E-state index contributed by atoms with van der Waals surface area (Å²) >= 11 is 7.30. The Morgan fingerprint density at radius 3 is 2.69 bits per heavy atom. The Labute approximate surface area is 196 Å². The van der Waals surface area contributed by atoms with Gasteiger partial charge in [0, 0.05) is 38.9 Å². The molecule has 7 nitrogen and oxygen atoms in total. The summed E-state index contributed by atoms with van der Waals surface area (Å²) in [7, 11) is -3.76. The van der Waals surface area contributed by atoms with Crippen LogP contribution in [0.5, 0.6) is 0 Å². The van der Waals surface area contributed by atoms with Crippen LogP contribution in [0.3, 0.4) is 0 Å². The molecule has 3 heterocycles. The maximum absolute atomic E-state index is 13.8. The highest BCUT2D eigenvalue weighted by Gasteiger charge is 2.39. The zero-order chi connectivity index (χ0) is 22.5. The van der Waals surface area contributed by atoms with E-state index in [-0.39, 0.29) is 29.9 Å². The summed E-state index contributed by atoms with van der Waals surface area (Å²) in [6.45, 7) is 1.11. The first-order valence-corrected chi connectivity index (χ1v) is 12.7. The molecule has 32 heavy (non-hydrogen) atoms. The lowest BCUT2D eigenvalue weighted by Crippen LogP contribution is -2.41. The standard InChI is InChI=1S/C21H18ClFN4O3S2.2H2/c22-19-15-7-10-27(17(15)6-5-16(19)23)18-8-11-26(20(18)28)13-1-3-14(4-2-13)32(29,30)25-21-24-9-12-31-21;;/h1-6,9,12,18H,7-8,10-11H2,(H,24,25);2*1H/t18-;;/m0../s1. The molecule has 170 valence electrons. The van der Waals surface area contributed by atoms with E-state index in [2.05, 4.69) is 9.71 Å². The Balaban J connectivity index is 0.00000162. The van der Waals surface area contributed by atoms with Crippen molar-refractivity contribution in [1.82, 2.24) is 4.98 Å². The second kappa shape index (κ2) is 8.02. The number of benzene rings is 2. The van der Waals surface area contributed by atoms with E-state index in [0.717, 1.165) is 11.3 Å². The number of thiazole rings is 1. The van der Waals surface area contributed by atoms with Crippen molar-refractivity contribution >= 4 is 55.4 Å². The third kappa shape index (κ3) is 3.62. The molecule has 3 aromatic rings. The van der Waals surface area contributed by atoms with Gasteiger partial charge in [0.1, 0.15) is 11.9 Å². The molecule has 0 bridgehead atoms. The number of rotatable bonds is 5. The summed E-state index contributed by atoms with van der Waals surface area (Å²) in [4.78, 5) is 20.8. The Bertz CT molecular complexity index is 1290. The topological polar surface area (TPSA) is 82.6 Å². The molecule has 1 aromatic heterocycles. The van der Waals surface area contributed by atoms with Gasteiger partial charge in [-0.3, -0.25) is 9.52 Å². The summed E-state index contributed by atoms with van der Waals surface area (Å²) < 4.78 is 41.3. The van der Waals surface area contributed by atoms with Gasteiger partial charge < -0.3 is 9.80 Å². The molecule has 0 saturated carbocycles. The van der Waals surface area contributed by atoms with Gasteiger partial charge in [0.25, 0.3) is 10.0 Å². The largest absolute Gasteiger partial charge is 0.359 e. The van der Waals surface area contributed by atoms with Gasteiger partial charge in [0.15, 0.2) is 5.13 Å². The quantitative estimate of drug-likeness (QED) is 0.566. The average molecular weight is 497 g/mol. The fourth-order valence-corrected chi connectivity index (χ4v) is 6.27. The molecule has 5 rings (SSSR count). The van der Waals surface area contributed by atoms with Crippen LogP contribution in [-0.4, -0.2) is 38.4 Å². The normalized spacial score (nSPS) is 18.3. The summed E-state index contributed by atoms with van der Waals surface area (Å²) in [6.07, 6.45) is 2.72. The van der Waals surface area contributed by atoms with Crippen LogP contribution in [0.4, 0.5) is 20.9 Å². The minimum absolute atomic E-state index is 0. The van der Waals surface area contributed by atoms with E-state index in [1.165, 1.54) is 35.7 Å².